The SMILES string of the molecule is Cc1cc(N(C(=O)OC(C)(C)C)c2cc(C3CCCN(C(=O)OC(C)(C)C)C3)nc3c(-c4coc(CN=O)c4)cnn23)sn1. The number of rotatable bonds is 6. The fourth-order valence-corrected chi connectivity index (χ4v) is 5.74. The summed E-state index contributed by atoms with van der Waals surface area (Å²) in [5.74, 6) is 0.661. The van der Waals surface area contributed by atoms with E-state index in [2.05, 4.69) is 14.6 Å². The molecule has 1 fully saturated rings. The number of anilines is 2. The fraction of sp³-hybridized carbons (Fsp3) is 0.500. The summed E-state index contributed by atoms with van der Waals surface area (Å²) in [6.07, 6.45) is 3.72. The summed E-state index contributed by atoms with van der Waals surface area (Å²) in [6.45, 7) is 13.7. The van der Waals surface area contributed by atoms with E-state index in [4.69, 9.17) is 18.9 Å². The van der Waals surface area contributed by atoms with E-state index in [-0.39, 0.29) is 18.6 Å². The lowest BCUT2D eigenvalue weighted by Gasteiger charge is -2.34. The molecule has 5 rings (SSSR count). The lowest BCUT2D eigenvalue weighted by molar-refractivity contribution is 0.0197. The van der Waals surface area contributed by atoms with Gasteiger partial charge in [0.15, 0.2) is 5.65 Å². The molecule has 1 aliphatic heterocycles. The van der Waals surface area contributed by atoms with Gasteiger partial charge in [-0.05, 0) is 85.0 Å². The third-order valence-corrected chi connectivity index (χ3v) is 7.66. The van der Waals surface area contributed by atoms with Crippen LogP contribution in [0.2, 0.25) is 0 Å². The Labute approximate surface area is 259 Å². The molecule has 0 radical (unpaired) electrons. The molecular weight excluding hydrogens is 586 g/mol. The van der Waals surface area contributed by atoms with E-state index in [9.17, 15) is 14.5 Å². The van der Waals surface area contributed by atoms with Gasteiger partial charge in [-0.2, -0.15) is 18.9 Å². The van der Waals surface area contributed by atoms with Crippen LogP contribution in [0.4, 0.5) is 20.4 Å². The van der Waals surface area contributed by atoms with Crippen LogP contribution in [0.25, 0.3) is 16.8 Å². The first-order chi connectivity index (χ1) is 20.7. The summed E-state index contributed by atoms with van der Waals surface area (Å²) in [7, 11) is 0. The first kappa shape index (κ1) is 31.1. The molecule has 0 saturated carbocycles. The van der Waals surface area contributed by atoms with Crippen LogP contribution < -0.4 is 4.90 Å². The van der Waals surface area contributed by atoms with E-state index in [1.165, 1.54) is 22.7 Å². The Morgan fingerprint density at radius 1 is 1.14 bits per heavy atom. The average Bonchev–Trinajstić information content (AvgIpc) is 3.67. The standard InChI is InChI=1S/C30H37N7O6S/c1-18-11-25(44-34-18)36(28(39)43-30(5,6)7)24-13-23(19-9-8-10-35(16-19)27(38)42-29(2,3)4)33-26-22(15-31-37(24)26)20-12-21(14-32-40)41-17-20/h11-13,15,17,19H,8-10,14,16H2,1-7H3. The molecule has 4 aromatic rings. The number of amides is 2. The van der Waals surface area contributed by atoms with Gasteiger partial charge in [-0.3, -0.25) is 0 Å². The molecule has 44 heavy (non-hydrogen) atoms. The second-order valence-corrected chi connectivity index (χ2v) is 13.6. The van der Waals surface area contributed by atoms with E-state index in [0.29, 0.717) is 52.1 Å². The van der Waals surface area contributed by atoms with Crippen molar-refractivity contribution < 1.29 is 23.5 Å². The lowest BCUT2D eigenvalue weighted by atomic mass is 9.94. The minimum Gasteiger partial charge on any atom is -0.467 e. The normalized spacial score (nSPS) is 15.8. The van der Waals surface area contributed by atoms with E-state index < -0.39 is 17.3 Å². The maximum atomic E-state index is 13.8. The topological polar surface area (TPSA) is 145 Å². The lowest BCUT2D eigenvalue weighted by Crippen LogP contribution is -2.42. The summed E-state index contributed by atoms with van der Waals surface area (Å²) < 4.78 is 23.0. The van der Waals surface area contributed by atoms with Crippen molar-refractivity contribution in [1.82, 2.24) is 23.9 Å². The van der Waals surface area contributed by atoms with Crippen molar-refractivity contribution >= 4 is 40.2 Å². The summed E-state index contributed by atoms with van der Waals surface area (Å²) in [5, 5.41) is 8.10. The van der Waals surface area contributed by atoms with Crippen LogP contribution in [-0.2, 0) is 16.0 Å². The Morgan fingerprint density at radius 2 is 1.89 bits per heavy atom. The Morgan fingerprint density at radius 3 is 2.55 bits per heavy atom. The van der Waals surface area contributed by atoms with Gasteiger partial charge in [-0.15, -0.1) is 0 Å². The van der Waals surface area contributed by atoms with Gasteiger partial charge >= 0.3 is 12.2 Å². The summed E-state index contributed by atoms with van der Waals surface area (Å²) in [4.78, 5) is 45.9. The molecular formula is C30H37N7O6S. The number of aryl methyl sites for hydroxylation is 1. The maximum absolute atomic E-state index is 13.8. The van der Waals surface area contributed by atoms with Gasteiger partial charge < -0.3 is 18.8 Å². The van der Waals surface area contributed by atoms with Crippen LogP contribution in [-0.4, -0.2) is 60.3 Å². The maximum Gasteiger partial charge on any atom is 0.421 e. The highest BCUT2D eigenvalue weighted by atomic mass is 32.1. The monoisotopic (exact) mass is 623 g/mol. The number of carbonyl (C=O) groups excluding carboxylic acids is 2. The number of fused-ring (bicyclic) bond motifs is 1. The smallest absolute Gasteiger partial charge is 0.421 e. The van der Waals surface area contributed by atoms with Crippen molar-refractivity contribution in [2.45, 2.75) is 85.0 Å². The van der Waals surface area contributed by atoms with Crippen molar-refractivity contribution in [1.29, 1.82) is 0 Å². The van der Waals surface area contributed by atoms with E-state index in [1.807, 2.05) is 39.8 Å². The molecule has 13 nitrogen and oxygen atoms in total. The second-order valence-electron chi connectivity index (χ2n) is 12.8. The number of carbonyl (C=O) groups is 2. The predicted octanol–water partition coefficient (Wildman–Crippen LogP) is 7.21. The minimum absolute atomic E-state index is 0.108. The van der Waals surface area contributed by atoms with Gasteiger partial charge in [0.25, 0.3) is 0 Å². The van der Waals surface area contributed by atoms with Gasteiger partial charge in [-0.1, -0.05) is 5.18 Å². The molecule has 2 amide bonds. The molecule has 4 aromatic heterocycles. The van der Waals surface area contributed by atoms with Crippen molar-refractivity contribution in [3.63, 3.8) is 0 Å². The zero-order valence-electron chi connectivity index (χ0n) is 26.0. The molecule has 1 atom stereocenters. The predicted molar refractivity (Wildman–Crippen MR) is 165 cm³/mol. The van der Waals surface area contributed by atoms with E-state index in [1.54, 1.807) is 42.4 Å². The van der Waals surface area contributed by atoms with Gasteiger partial charge in [0.05, 0.1) is 23.8 Å². The fourth-order valence-electron chi connectivity index (χ4n) is 4.98. The number of aromatic nitrogens is 4. The third-order valence-electron chi connectivity index (χ3n) is 6.79. The molecule has 0 bridgehead atoms. The highest BCUT2D eigenvalue weighted by molar-refractivity contribution is 7.10. The second kappa shape index (κ2) is 12.0. The van der Waals surface area contributed by atoms with Crippen LogP contribution in [0.1, 0.15) is 77.5 Å². The molecule has 0 aliphatic carbocycles. The van der Waals surface area contributed by atoms with Gasteiger partial charge in [-0.25, -0.2) is 19.5 Å². The number of furan rings is 1. The largest absolute Gasteiger partial charge is 0.467 e. The Bertz CT molecular complexity index is 1680. The molecule has 1 unspecified atom stereocenters. The number of piperidine rings is 1. The average molecular weight is 624 g/mol. The first-order valence-electron chi connectivity index (χ1n) is 14.4. The van der Waals surface area contributed by atoms with Gasteiger partial charge in [0.1, 0.15) is 34.3 Å². The molecule has 0 N–H and O–H groups in total. The van der Waals surface area contributed by atoms with Crippen LogP contribution in [0.15, 0.2) is 40.3 Å². The summed E-state index contributed by atoms with van der Waals surface area (Å²) in [6, 6.07) is 5.35. The number of ether oxygens (including phenoxy) is 2. The molecule has 14 heteroatoms. The highest BCUT2D eigenvalue weighted by Crippen LogP contribution is 2.37. The number of likely N-dealkylation sites (tertiary alicyclic amines) is 1. The molecule has 234 valence electrons. The number of nitroso groups, excluding NO2 is 1. The Balaban J connectivity index is 1.66. The number of nitrogens with zero attached hydrogens (tertiary/aromatic N) is 7. The molecule has 5 heterocycles. The van der Waals surface area contributed by atoms with Crippen LogP contribution in [0, 0.1) is 11.8 Å². The van der Waals surface area contributed by atoms with E-state index >= 15 is 0 Å². The Kier molecular flexibility index (Phi) is 8.47. The number of hydrogen-bond acceptors (Lipinski definition) is 11. The quantitative estimate of drug-likeness (QED) is 0.203. The third kappa shape index (κ3) is 6.90. The number of hydrogen-bond donors (Lipinski definition) is 0. The molecule has 1 aliphatic rings. The van der Waals surface area contributed by atoms with Crippen LogP contribution >= 0.6 is 11.5 Å². The molecule has 0 aromatic carbocycles. The van der Waals surface area contributed by atoms with Gasteiger partial charge in [0, 0.05) is 36.2 Å². The molecule has 1 saturated heterocycles. The van der Waals surface area contributed by atoms with Crippen LogP contribution in [0.5, 0.6) is 0 Å². The zero-order chi connectivity index (χ0) is 31.8. The van der Waals surface area contributed by atoms with Crippen LogP contribution in [0.3, 0.4) is 0 Å². The highest BCUT2D eigenvalue weighted by Gasteiger charge is 2.33. The summed E-state index contributed by atoms with van der Waals surface area (Å²) >= 11 is 1.17. The van der Waals surface area contributed by atoms with Gasteiger partial charge in [0.2, 0.25) is 0 Å². The van der Waals surface area contributed by atoms with Crippen molar-refractivity contribution in [2.24, 2.45) is 5.18 Å². The van der Waals surface area contributed by atoms with Crippen molar-refractivity contribution in [2.75, 3.05) is 18.0 Å². The Hall–Kier alpha value is -4.33. The van der Waals surface area contributed by atoms with Crippen molar-refractivity contribution in [3.05, 3.63) is 52.7 Å². The van der Waals surface area contributed by atoms with Crippen molar-refractivity contribution in [3.8, 4) is 11.1 Å². The molecule has 0 spiro atoms. The van der Waals surface area contributed by atoms with E-state index in [0.717, 1.165) is 18.5 Å². The summed E-state index contributed by atoms with van der Waals surface area (Å²) in [5.41, 5.74) is 1.80. The zero-order valence-corrected chi connectivity index (χ0v) is 26.8. The first-order valence-corrected chi connectivity index (χ1v) is 15.2. The minimum atomic E-state index is -0.767.